The van der Waals surface area contributed by atoms with Gasteiger partial charge in [0.15, 0.2) is 5.78 Å². The highest BCUT2D eigenvalue weighted by molar-refractivity contribution is 5.91. The highest BCUT2D eigenvalue weighted by atomic mass is 16.1. The van der Waals surface area contributed by atoms with Crippen molar-refractivity contribution >= 4 is 16.7 Å². The Morgan fingerprint density at radius 3 is 2.39 bits per heavy atom. The number of benzene rings is 1. The van der Waals surface area contributed by atoms with Gasteiger partial charge >= 0.3 is 0 Å². The van der Waals surface area contributed by atoms with E-state index in [0.717, 1.165) is 0 Å². The lowest BCUT2D eigenvalue weighted by molar-refractivity contribution is -0.128. The summed E-state index contributed by atoms with van der Waals surface area (Å²) in [6.07, 6.45) is 2.75. The highest BCUT2D eigenvalue weighted by Crippen LogP contribution is 2.25. The quantitative estimate of drug-likeness (QED) is 0.879. The number of para-hydroxylation sites is 1. The minimum atomic E-state index is -0.356. The van der Waals surface area contributed by atoms with Gasteiger partial charge in [0.25, 0.3) is 0 Å². The van der Waals surface area contributed by atoms with E-state index in [1.807, 2.05) is 27.0 Å². The van der Waals surface area contributed by atoms with Crippen molar-refractivity contribution in [3.63, 3.8) is 0 Å². The Morgan fingerprint density at radius 2 is 1.83 bits per heavy atom. The Labute approximate surface area is 139 Å². The van der Waals surface area contributed by atoms with Crippen LogP contribution in [0.2, 0.25) is 0 Å². The van der Waals surface area contributed by atoms with Gasteiger partial charge in [-0.3, -0.25) is 4.79 Å². The minimum absolute atomic E-state index is 0.104. The van der Waals surface area contributed by atoms with Crippen molar-refractivity contribution in [3.8, 4) is 0 Å². The van der Waals surface area contributed by atoms with Crippen LogP contribution in [0, 0.1) is 12.3 Å². The lowest BCUT2D eigenvalue weighted by atomic mass is 9.83. The fourth-order valence-electron chi connectivity index (χ4n) is 3.01. The largest absolute Gasteiger partial charge is 0.361 e. The molecular weight excluding hydrogens is 284 g/mol. The number of rotatable bonds is 4. The molecule has 0 fully saturated rings. The standard InChI is InChI=1S/C20H30N2O/c1-13-9-8-10-15-14(12-21-17(13)15)11-16(22-20(5,6)7)18(23)19(2,3)4/h8-10,12,16,21-22H,11H2,1-7H3. The molecule has 0 saturated heterocycles. The zero-order valence-electron chi connectivity index (χ0n) is 15.5. The van der Waals surface area contributed by atoms with E-state index in [9.17, 15) is 4.79 Å². The van der Waals surface area contributed by atoms with E-state index in [1.165, 1.54) is 22.0 Å². The average molecular weight is 314 g/mol. The molecule has 0 aliphatic heterocycles. The van der Waals surface area contributed by atoms with Crippen LogP contribution in [0.1, 0.15) is 52.7 Å². The predicted molar refractivity (Wildman–Crippen MR) is 97.9 cm³/mol. The molecule has 2 rings (SSSR count). The maximum Gasteiger partial charge on any atom is 0.155 e. The van der Waals surface area contributed by atoms with E-state index in [0.29, 0.717) is 6.42 Å². The van der Waals surface area contributed by atoms with E-state index < -0.39 is 0 Å². The van der Waals surface area contributed by atoms with Gasteiger partial charge in [0.1, 0.15) is 0 Å². The van der Waals surface area contributed by atoms with E-state index >= 15 is 0 Å². The molecule has 0 aliphatic rings. The minimum Gasteiger partial charge on any atom is -0.361 e. The number of Topliss-reactive ketones (excluding diaryl/α,β-unsaturated/α-hetero) is 1. The van der Waals surface area contributed by atoms with Crippen molar-refractivity contribution in [2.45, 2.75) is 66.5 Å². The number of carbonyl (C=O) groups excluding carboxylic acids is 1. The molecule has 0 spiro atoms. The topological polar surface area (TPSA) is 44.9 Å². The normalized spacial score (nSPS) is 14.2. The lowest BCUT2D eigenvalue weighted by Gasteiger charge is -2.31. The number of aryl methyl sites for hydroxylation is 1. The van der Waals surface area contributed by atoms with E-state index in [-0.39, 0.29) is 22.8 Å². The van der Waals surface area contributed by atoms with Gasteiger partial charge in [0.05, 0.1) is 6.04 Å². The Kier molecular flexibility index (Phi) is 4.72. The fourth-order valence-corrected chi connectivity index (χ4v) is 3.01. The highest BCUT2D eigenvalue weighted by Gasteiger charge is 2.32. The van der Waals surface area contributed by atoms with E-state index in [2.05, 4.69) is 56.2 Å². The zero-order chi connectivity index (χ0) is 17.4. The Morgan fingerprint density at radius 1 is 1.17 bits per heavy atom. The molecule has 0 aliphatic carbocycles. The lowest BCUT2D eigenvalue weighted by Crippen LogP contribution is -2.51. The van der Waals surface area contributed by atoms with Crippen molar-refractivity contribution < 1.29 is 4.79 Å². The molecule has 2 N–H and O–H groups in total. The summed E-state index contributed by atoms with van der Waals surface area (Å²) in [5, 5.41) is 4.73. The molecule has 3 heteroatoms. The summed E-state index contributed by atoms with van der Waals surface area (Å²) in [7, 11) is 0. The van der Waals surface area contributed by atoms with Gasteiger partial charge in [-0.25, -0.2) is 0 Å². The van der Waals surface area contributed by atoms with Crippen LogP contribution in [0.5, 0.6) is 0 Å². The summed E-state index contributed by atoms with van der Waals surface area (Å²) in [6, 6.07) is 6.12. The van der Waals surface area contributed by atoms with Crippen LogP contribution in [0.3, 0.4) is 0 Å². The van der Waals surface area contributed by atoms with Crippen molar-refractivity contribution in [2.75, 3.05) is 0 Å². The number of ketones is 1. The Hall–Kier alpha value is -1.61. The summed E-state index contributed by atoms with van der Waals surface area (Å²) in [6.45, 7) is 14.4. The third kappa shape index (κ3) is 4.23. The van der Waals surface area contributed by atoms with Crippen LogP contribution in [0.15, 0.2) is 24.4 Å². The van der Waals surface area contributed by atoms with E-state index in [4.69, 9.17) is 0 Å². The van der Waals surface area contributed by atoms with Crippen LogP contribution < -0.4 is 5.32 Å². The number of fused-ring (bicyclic) bond motifs is 1. The van der Waals surface area contributed by atoms with Gasteiger partial charge in [0, 0.05) is 28.1 Å². The van der Waals surface area contributed by atoms with Crippen LogP contribution in [0.4, 0.5) is 0 Å². The molecule has 126 valence electrons. The van der Waals surface area contributed by atoms with Gasteiger partial charge < -0.3 is 10.3 Å². The molecule has 3 nitrogen and oxygen atoms in total. The van der Waals surface area contributed by atoms with Gasteiger partial charge in [-0.05, 0) is 45.2 Å². The smallest absolute Gasteiger partial charge is 0.155 e. The average Bonchev–Trinajstić information content (AvgIpc) is 2.79. The van der Waals surface area contributed by atoms with Crippen molar-refractivity contribution in [1.82, 2.24) is 10.3 Å². The number of H-pyrrole nitrogens is 1. The molecule has 1 heterocycles. The maximum absolute atomic E-state index is 12.9. The number of hydrogen-bond donors (Lipinski definition) is 2. The van der Waals surface area contributed by atoms with Crippen molar-refractivity contribution in [1.29, 1.82) is 0 Å². The molecular formula is C20H30N2O. The fraction of sp³-hybridized carbons (Fsp3) is 0.550. The molecule has 2 aromatic rings. The second-order valence-corrected chi connectivity index (χ2v) is 8.58. The maximum atomic E-state index is 12.9. The number of nitrogens with one attached hydrogen (secondary N) is 2. The number of aromatic amines is 1. The predicted octanol–water partition coefficient (Wildman–Crippen LogP) is 4.39. The summed E-state index contributed by atoms with van der Waals surface area (Å²) in [4.78, 5) is 16.3. The van der Waals surface area contributed by atoms with Gasteiger partial charge in [-0.2, -0.15) is 0 Å². The molecule has 1 aromatic heterocycles. The Bertz CT molecular complexity index is 698. The SMILES string of the molecule is Cc1cccc2c(CC(NC(C)(C)C)C(=O)C(C)(C)C)c[nH]c12. The third-order valence-corrected chi connectivity index (χ3v) is 4.10. The molecule has 1 unspecified atom stereocenters. The van der Waals surface area contributed by atoms with Gasteiger partial charge in [-0.15, -0.1) is 0 Å². The zero-order valence-corrected chi connectivity index (χ0v) is 15.5. The van der Waals surface area contributed by atoms with Crippen LogP contribution in [-0.4, -0.2) is 22.3 Å². The van der Waals surface area contributed by atoms with Crippen LogP contribution in [0.25, 0.3) is 10.9 Å². The van der Waals surface area contributed by atoms with Crippen LogP contribution >= 0.6 is 0 Å². The first-order chi connectivity index (χ1) is 10.5. The molecule has 0 bridgehead atoms. The second-order valence-electron chi connectivity index (χ2n) is 8.58. The number of hydrogen-bond acceptors (Lipinski definition) is 2. The first-order valence-electron chi connectivity index (χ1n) is 8.36. The monoisotopic (exact) mass is 314 g/mol. The first-order valence-corrected chi connectivity index (χ1v) is 8.36. The summed E-state index contributed by atoms with van der Waals surface area (Å²) >= 11 is 0. The van der Waals surface area contributed by atoms with E-state index in [1.54, 1.807) is 0 Å². The van der Waals surface area contributed by atoms with Crippen molar-refractivity contribution in [3.05, 3.63) is 35.5 Å². The molecule has 0 radical (unpaired) electrons. The summed E-state index contributed by atoms with van der Waals surface area (Å²) in [5.74, 6) is 0.259. The van der Waals surface area contributed by atoms with Crippen molar-refractivity contribution in [2.24, 2.45) is 5.41 Å². The van der Waals surface area contributed by atoms with Crippen LogP contribution in [-0.2, 0) is 11.2 Å². The third-order valence-electron chi connectivity index (χ3n) is 4.10. The van der Waals surface area contributed by atoms with Gasteiger partial charge in [0.2, 0.25) is 0 Å². The number of carbonyl (C=O) groups is 1. The molecule has 0 amide bonds. The molecule has 23 heavy (non-hydrogen) atoms. The number of aromatic nitrogens is 1. The molecule has 1 aromatic carbocycles. The second kappa shape index (κ2) is 6.12. The first kappa shape index (κ1) is 17.7. The Balaban J connectivity index is 2.36. The molecule has 1 atom stereocenters. The summed E-state index contributed by atoms with van der Waals surface area (Å²) < 4.78 is 0. The summed E-state index contributed by atoms with van der Waals surface area (Å²) in [5.41, 5.74) is 3.14. The molecule has 0 saturated carbocycles. The van der Waals surface area contributed by atoms with Gasteiger partial charge in [-0.1, -0.05) is 39.0 Å².